The minimum Gasteiger partial charge on any atom is -0.347 e. The SMILES string of the molecule is Cc1ccc2c(c1)sc(C=CC=C1N(C)c3ccccc3C1(C)C)[n+]2C. The number of allylic oxidation sites excluding steroid dienone is 3. The lowest BCUT2D eigenvalue weighted by atomic mass is 9.84. The molecule has 1 aliphatic rings. The normalized spacial score (nSPS) is 17.6. The second-order valence-electron chi connectivity index (χ2n) is 7.58. The molecule has 0 radical (unpaired) electrons. The van der Waals surface area contributed by atoms with E-state index >= 15 is 0 Å². The van der Waals surface area contributed by atoms with Crippen LogP contribution in [0.3, 0.4) is 0 Å². The smallest absolute Gasteiger partial charge is 0.262 e. The molecular weight excluding hydrogens is 336 g/mol. The van der Waals surface area contributed by atoms with Crippen LogP contribution >= 0.6 is 11.3 Å². The van der Waals surface area contributed by atoms with E-state index in [0.29, 0.717) is 0 Å². The molecule has 0 atom stereocenters. The maximum absolute atomic E-state index is 2.31. The number of hydrogen-bond acceptors (Lipinski definition) is 2. The molecule has 0 saturated heterocycles. The van der Waals surface area contributed by atoms with Crippen molar-refractivity contribution in [3.8, 4) is 0 Å². The van der Waals surface area contributed by atoms with Gasteiger partial charge in [0.1, 0.15) is 11.7 Å². The zero-order chi connectivity index (χ0) is 18.5. The number of hydrogen-bond donors (Lipinski definition) is 0. The van der Waals surface area contributed by atoms with E-state index in [0.717, 1.165) is 0 Å². The van der Waals surface area contributed by atoms with Gasteiger partial charge in [0.15, 0.2) is 0 Å². The molecule has 2 nitrogen and oxygen atoms in total. The third-order valence-corrected chi connectivity index (χ3v) is 6.62. The van der Waals surface area contributed by atoms with Crippen LogP contribution in [-0.4, -0.2) is 7.05 Å². The molecule has 2 aromatic carbocycles. The number of benzene rings is 2. The summed E-state index contributed by atoms with van der Waals surface area (Å²) >= 11 is 1.84. The van der Waals surface area contributed by atoms with Crippen LogP contribution in [0.1, 0.15) is 30.0 Å². The minimum atomic E-state index is 0.0230. The van der Waals surface area contributed by atoms with E-state index in [2.05, 4.69) is 105 Å². The Labute approximate surface area is 159 Å². The quantitative estimate of drug-likeness (QED) is 0.557. The minimum absolute atomic E-state index is 0.0230. The second kappa shape index (κ2) is 6.10. The highest BCUT2D eigenvalue weighted by molar-refractivity contribution is 7.18. The molecule has 26 heavy (non-hydrogen) atoms. The Morgan fingerprint density at radius 2 is 1.88 bits per heavy atom. The molecule has 0 saturated carbocycles. The topological polar surface area (TPSA) is 7.12 Å². The average Bonchev–Trinajstić information content (AvgIpc) is 3.02. The number of anilines is 1. The summed E-state index contributed by atoms with van der Waals surface area (Å²) < 4.78 is 3.61. The zero-order valence-electron chi connectivity index (χ0n) is 16.1. The van der Waals surface area contributed by atoms with Gasteiger partial charge < -0.3 is 4.90 Å². The Morgan fingerprint density at radius 1 is 1.12 bits per heavy atom. The first kappa shape index (κ1) is 17.0. The highest BCUT2D eigenvalue weighted by Crippen LogP contribution is 2.46. The van der Waals surface area contributed by atoms with Crippen LogP contribution < -0.4 is 9.47 Å². The van der Waals surface area contributed by atoms with Gasteiger partial charge in [-0.1, -0.05) is 55.5 Å². The first-order valence-corrected chi connectivity index (χ1v) is 9.82. The Bertz CT molecular complexity index is 1050. The van der Waals surface area contributed by atoms with Gasteiger partial charge in [0.05, 0.1) is 0 Å². The van der Waals surface area contributed by atoms with Crippen molar-refractivity contribution in [1.29, 1.82) is 0 Å². The lowest BCUT2D eigenvalue weighted by Gasteiger charge is -2.23. The van der Waals surface area contributed by atoms with E-state index in [1.165, 1.54) is 37.7 Å². The zero-order valence-corrected chi connectivity index (χ0v) is 16.9. The molecule has 3 aromatic rings. The van der Waals surface area contributed by atoms with Gasteiger partial charge in [-0.15, -0.1) is 0 Å². The van der Waals surface area contributed by atoms with Crippen LogP contribution in [0.4, 0.5) is 5.69 Å². The summed E-state index contributed by atoms with van der Waals surface area (Å²) in [4.78, 5) is 2.31. The first-order chi connectivity index (χ1) is 12.4. The predicted octanol–water partition coefficient (Wildman–Crippen LogP) is 5.36. The standard InChI is InChI=1S/C23H25N2S/c1-16-13-14-19-20(15-16)26-22(25(19)5)12-8-11-21-23(2,3)17-9-6-7-10-18(17)24(21)4/h6-15H,1-5H3/q+1. The van der Waals surface area contributed by atoms with Gasteiger partial charge in [-0.25, -0.2) is 0 Å². The molecule has 0 unspecified atom stereocenters. The van der Waals surface area contributed by atoms with Crippen molar-refractivity contribution in [3.63, 3.8) is 0 Å². The summed E-state index contributed by atoms with van der Waals surface area (Å²) in [6.07, 6.45) is 6.67. The van der Waals surface area contributed by atoms with Gasteiger partial charge in [0, 0.05) is 36.0 Å². The van der Waals surface area contributed by atoms with Gasteiger partial charge in [0.25, 0.3) is 5.01 Å². The van der Waals surface area contributed by atoms with Crippen molar-refractivity contribution in [1.82, 2.24) is 0 Å². The summed E-state index contributed by atoms with van der Waals surface area (Å²) in [5.41, 5.74) is 6.65. The Hall–Kier alpha value is -2.39. The molecule has 0 spiro atoms. The Morgan fingerprint density at radius 3 is 2.65 bits per heavy atom. The van der Waals surface area contributed by atoms with Crippen molar-refractivity contribution in [2.24, 2.45) is 7.05 Å². The molecule has 132 valence electrons. The highest BCUT2D eigenvalue weighted by Gasteiger charge is 2.37. The molecule has 2 heterocycles. The number of nitrogens with zero attached hydrogens (tertiary/aromatic N) is 2. The summed E-state index contributed by atoms with van der Waals surface area (Å²) in [5.74, 6) is 0. The third kappa shape index (κ3) is 2.58. The lowest BCUT2D eigenvalue weighted by molar-refractivity contribution is -0.642. The number of likely N-dealkylation sites (N-methyl/N-ethyl adjacent to an activating group) is 1. The first-order valence-electron chi connectivity index (χ1n) is 9.01. The van der Waals surface area contributed by atoms with Crippen LogP contribution in [0.25, 0.3) is 16.3 Å². The maximum Gasteiger partial charge on any atom is 0.262 e. The van der Waals surface area contributed by atoms with Gasteiger partial charge >= 0.3 is 0 Å². The van der Waals surface area contributed by atoms with Gasteiger partial charge in [-0.05, 0) is 36.3 Å². The number of aromatic nitrogens is 1. The monoisotopic (exact) mass is 361 g/mol. The van der Waals surface area contributed by atoms with Crippen LogP contribution in [0, 0.1) is 6.92 Å². The fourth-order valence-corrected chi connectivity index (χ4v) is 5.11. The molecule has 0 fully saturated rings. The molecule has 0 bridgehead atoms. The maximum atomic E-state index is 2.31. The second-order valence-corrected chi connectivity index (χ2v) is 8.64. The largest absolute Gasteiger partial charge is 0.347 e. The number of para-hydroxylation sites is 1. The van der Waals surface area contributed by atoms with Crippen molar-refractivity contribution in [3.05, 3.63) is 76.4 Å². The molecular formula is C23H25N2S+. The Kier molecular flexibility index (Phi) is 4.00. The van der Waals surface area contributed by atoms with Crippen LogP contribution in [0.2, 0.25) is 0 Å². The highest BCUT2D eigenvalue weighted by atomic mass is 32.1. The fraction of sp³-hybridized carbons (Fsp3) is 0.261. The average molecular weight is 362 g/mol. The van der Waals surface area contributed by atoms with E-state index in [1.54, 1.807) is 0 Å². The molecule has 0 aliphatic carbocycles. The Balaban J connectivity index is 1.69. The molecule has 0 N–H and O–H groups in total. The molecule has 4 rings (SSSR count). The van der Waals surface area contributed by atoms with E-state index in [4.69, 9.17) is 0 Å². The number of aryl methyl sites for hydroxylation is 2. The van der Waals surface area contributed by atoms with Crippen molar-refractivity contribution >= 4 is 33.3 Å². The van der Waals surface area contributed by atoms with Crippen LogP contribution in [0.15, 0.2) is 60.3 Å². The number of rotatable bonds is 2. The van der Waals surface area contributed by atoms with E-state index in [1.807, 2.05) is 11.3 Å². The predicted molar refractivity (Wildman–Crippen MR) is 113 cm³/mol. The van der Waals surface area contributed by atoms with E-state index in [-0.39, 0.29) is 5.41 Å². The van der Waals surface area contributed by atoms with Gasteiger partial charge in [-0.2, -0.15) is 4.57 Å². The van der Waals surface area contributed by atoms with Gasteiger partial charge in [-0.3, -0.25) is 0 Å². The van der Waals surface area contributed by atoms with Crippen molar-refractivity contribution < 1.29 is 4.57 Å². The molecule has 3 heteroatoms. The fourth-order valence-electron chi connectivity index (χ4n) is 3.95. The number of thiazole rings is 1. The summed E-state index contributed by atoms with van der Waals surface area (Å²) in [7, 11) is 4.30. The molecule has 1 aromatic heterocycles. The summed E-state index contributed by atoms with van der Waals surface area (Å²) in [6.45, 7) is 6.75. The van der Waals surface area contributed by atoms with Gasteiger partial charge in [0.2, 0.25) is 5.52 Å². The summed E-state index contributed by atoms with van der Waals surface area (Å²) in [6, 6.07) is 15.3. The van der Waals surface area contributed by atoms with E-state index in [9.17, 15) is 0 Å². The van der Waals surface area contributed by atoms with E-state index < -0.39 is 0 Å². The molecule has 1 aliphatic heterocycles. The third-order valence-electron chi connectivity index (χ3n) is 5.46. The lowest BCUT2D eigenvalue weighted by Crippen LogP contribution is -2.28. The number of fused-ring (bicyclic) bond motifs is 2. The summed E-state index contributed by atoms with van der Waals surface area (Å²) in [5, 5.41) is 1.26. The van der Waals surface area contributed by atoms with Crippen LogP contribution in [-0.2, 0) is 12.5 Å². The van der Waals surface area contributed by atoms with Crippen molar-refractivity contribution in [2.75, 3.05) is 11.9 Å². The van der Waals surface area contributed by atoms with Crippen LogP contribution in [0.5, 0.6) is 0 Å². The molecule has 0 amide bonds. The van der Waals surface area contributed by atoms with Crippen molar-refractivity contribution in [2.45, 2.75) is 26.2 Å².